The second-order valence-corrected chi connectivity index (χ2v) is 10.4. The van der Waals surface area contributed by atoms with Gasteiger partial charge in [0.05, 0.1) is 32.1 Å². The molecule has 0 spiro atoms. The van der Waals surface area contributed by atoms with E-state index in [1.165, 1.54) is 5.56 Å². The molecule has 0 aliphatic carbocycles. The van der Waals surface area contributed by atoms with E-state index in [-0.39, 0.29) is 6.10 Å². The van der Waals surface area contributed by atoms with Crippen molar-refractivity contribution in [2.45, 2.75) is 31.5 Å². The number of piperidine rings is 1. The molecule has 8 heteroatoms. The zero-order valence-corrected chi connectivity index (χ0v) is 24.2. The van der Waals surface area contributed by atoms with Gasteiger partial charge in [-0.25, -0.2) is 0 Å². The molecular formula is C33H42N2O6. The maximum Gasteiger partial charge on any atom is 0.142 e. The van der Waals surface area contributed by atoms with Crippen molar-refractivity contribution in [1.29, 1.82) is 0 Å². The third-order valence-electron chi connectivity index (χ3n) is 7.62. The van der Waals surface area contributed by atoms with Gasteiger partial charge in [-0.05, 0) is 66.9 Å². The molecule has 0 aromatic heterocycles. The third-order valence-corrected chi connectivity index (χ3v) is 7.62. The molecule has 41 heavy (non-hydrogen) atoms. The van der Waals surface area contributed by atoms with Crippen LogP contribution in [-0.4, -0.2) is 72.9 Å². The van der Waals surface area contributed by atoms with Crippen molar-refractivity contribution in [3.8, 4) is 23.0 Å². The van der Waals surface area contributed by atoms with Crippen LogP contribution in [-0.2, 0) is 16.1 Å². The molecule has 2 heterocycles. The first kappa shape index (κ1) is 29.0. The molecule has 1 fully saturated rings. The largest absolute Gasteiger partial charge is 0.497 e. The molecule has 0 radical (unpaired) electrons. The highest BCUT2D eigenvalue weighted by atomic mass is 16.5. The summed E-state index contributed by atoms with van der Waals surface area (Å²) in [6, 6.07) is 22.4. The summed E-state index contributed by atoms with van der Waals surface area (Å²) in [7, 11) is 3.40. The summed E-state index contributed by atoms with van der Waals surface area (Å²) in [4.78, 5) is 2.39. The van der Waals surface area contributed by atoms with Crippen LogP contribution >= 0.6 is 0 Å². The molecule has 2 atom stereocenters. The molecule has 2 aliphatic heterocycles. The Bertz CT molecular complexity index is 1220. The fraction of sp³-hybridized carbons (Fsp3) is 0.455. The van der Waals surface area contributed by atoms with Crippen molar-refractivity contribution in [2.24, 2.45) is 0 Å². The minimum Gasteiger partial charge on any atom is -0.497 e. The second-order valence-electron chi connectivity index (χ2n) is 10.4. The summed E-state index contributed by atoms with van der Waals surface area (Å²) < 4.78 is 34.6. The molecule has 0 saturated carbocycles. The Kier molecular flexibility index (Phi) is 10.6. The SMILES string of the molecule is COCCCN1CCOc2ccc(CO[C@H]3CNCC[C@@H]3c3ccc(OCCOc4cccc(OC)c4)cc3)cc21. The zero-order chi connectivity index (χ0) is 28.3. The van der Waals surface area contributed by atoms with E-state index in [1.54, 1.807) is 14.2 Å². The fourth-order valence-corrected chi connectivity index (χ4v) is 5.45. The van der Waals surface area contributed by atoms with Crippen molar-refractivity contribution in [3.05, 3.63) is 77.9 Å². The molecule has 2 aliphatic rings. The van der Waals surface area contributed by atoms with Gasteiger partial charge in [-0.3, -0.25) is 0 Å². The van der Waals surface area contributed by atoms with Gasteiger partial charge in [-0.2, -0.15) is 0 Å². The van der Waals surface area contributed by atoms with Gasteiger partial charge in [-0.15, -0.1) is 0 Å². The van der Waals surface area contributed by atoms with E-state index >= 15 is 0 Å². The fourth-order valence-electron chi connectivity index (χ4n) is 5.45. The number of benzene rings is 3. The molecule has 3 aromatic carbocycles. The van der Waals surface area contributed by atoms with Crippen LogP contribution in [0.2, 0.25) is 0 Å². The number of rotatable bonds is 14. The maximum atomic E-state index is 6.53. The quantitative estimate of drug-likeness (QED) is 0.274. The summed E-state index contributed by atoms with van der Waals surface area (Å²) in [6.07, 6.45) is 2.12. The van der Waals surface area contributed by atoms with E-state index in [4.69, 9.17) is 28.4 Å². The lowest BCUT2D eigenvalue weighted by Crippen LogP contribution is -2.41. The third kappa shape index (κ3) is 8.06. The summed E-state index contributed by atoms with van der Waals surface area (Å²) in [6.45, 7) is 6.63. The Labute approximate surface area is 243 Å². The minimum absolute atomic E-state index is 0.0943. The number of hydrogen-bond acceptors (Lipinski definition) is 8. The standard InChI is InChI=1S/C33H42N2O6/c1-36-17-4-15-35-16-18-40-32-12-7-25(21-31(32)35)24-41-33-23-34-14-13-30(33)26-8-10-27(11-9-26)38-19-20-39-29-6-3-5-28(22-29)37-2/h3,5-12,21-22,30,33-34H,4,13-20,23-24H2,1-2H3/t30-,33+/m1/s1. The van der Waals surface area contributed by atoms with Crippen molar-refractivity contribution in [3.63, 3.8) is 0 Å². The summed E-state index contributed by atoms with van der Waals surface area (Å²) in [5.41, 5.74) is 3.59. The molecule has 1 saturated heterocycles. The molecule has 220 valence electrons. The number of ether oxygens (including phenoxy) is 6. The van der Waals surface area contributed by atoms with E-state index in [2.05, 4.69) is 40.5 Å². The van der Waals surface area contributed by atoms with Gasteiger partial charge in [-0.1, -0.05) is 24.3 Å². The molecule has 0 bridgehead atoms. The summed E-state index contributed by atoms with van der Waals surface area (Å²) in [5.74, 6) is 3.65. The van der Waals surface area contributed by atoms with Crippen LogP contribution in [0.5, 0.6) is 23.0 Å². The maximum absolute atomic E-state index is 6.53. The van der Waals surface area contributed by atoms with Crippen LogP contribution in [0.25, 0.3) is 0 Å². The van der Waals surface area contributed by atoms with Crippen molar-refractivity contribution >= 4 is 5.69 Å². The highest BCUT2D eigenvalue weighted by molar-refractivity contribution is 5.61. The van der Waals surface area contributed by atoms with Gasteiger partial charge in [0.1, 0.15) is 42.8 Å². The average molecular weight is 563 g/mol. The van der Waals surface area contributed by atoms with Gasteiger partial charge in [0.25, 0.3) is 0 Å². The highest BCUT2D eigenvalue weighted by Crippen LogP contribution is 2.34. The van der Waals surface area contributed by atoms with Crippen LogP contribution in [0.15, 0.2) is 66.7 Å². The van der Waals surface area contributed by atoms with Gasteiger partial charge in [0.15, 0.2) is 0 Å². The lowest BCUT2D eigenvalue weighted by molar-refractivity contribution is 0.0106. The second kappa shape index (κ2) is 15.0. The number of hydrogen-bond donors (Lipinski definition) is 1. The Hall–Kier alpha value is -3.46. The predicted molar refractivity (Wildman–Crippen MR) is 160 cm³/mol. The Balaban J connectivity index is 1.13. The number of fused-ring (bicyclic) bond motifs is 1. The Morgan fingerprint density at radius 2 is 1.73 bits per heavy atom. The molecule has 3 aromatic rings. The van der Waals surface area contributed by atoms with Crippen LogP contribution in [0.4, 0.5) is 5.69 Å². The van der Waals surface area contributed by atoms with Crippen molar-refractivity contribution < 1.29 is 28.4 Å². The number of anilines is 1. The van der Waals surface area contributed by atoms with Gasteiger partial charge in [0, 0.05) is 38.8 Å². The molecule has 5 rings (SSSR count). The molecule has 1 N–H and O–H groups in total. The van der Waals surface area contributed by atoms with Crippen molar-refractivity contribution in [2.75, 3.05) is 71.7 Å². The molecular weight excluding hydrogens is 520 g/mol. The van der Waals surface area contributed by atoms with Crippen molar-refractivity contribution in [1.82, 2.24) is 5.32 Å². The van der Waals surface area contributed by atoms with Crippen LogP contribution in [0.1, 0.15) is 29.9 Å². The molecule has 0 amide bonds. The number of nitrogens with one attached hydrogen (secondary N) is 1. The Morgan fingerprint density at radius 1 is 0.902 bits per heavy atom. The molecule has 8 nitrogen and oxygen atoms in total. The van der Waals surface area contributed by atoms with E-state index < -0.39 is 0 Å². The summed E-state index contributed by atoms with van der Waals surface area (Å²) in [5, 5.41) is 3.51. The van der Waals surface area contributed by atoms with Gasteiger partial charge < -0.3 is 38.6 Å². The Morgan fingerprint density at radius 3 is 2.56 bits per heavy atom. The topological polar surface area (TPSA) is 70.7 Å². The molecule has 0 unspecified atom stereocenters. The van der Waals surface area contributed by atoms with E-state index in [0.717, 1.165) is 79.9 Å². The lowest BCUT2D eigenvalue weighted by atomic mass is 9.87. The highest BCUT2D eigenvalue weighted by Gasteiger charge is 2.27. The first-order chi connectivity index (χ1) is 20.2. The first-order valence-electron chi connectivity index (χ1n) is 14.5. The van der Waals surface area contributed by atoms with Crippen LogP contribution in [0, 0.1) is 0 Å². The van der Waals surface area contributed by atoms with E-state index in [1.807, 2.05) is 36.4 Å². The minimum atomic E-state index is 0.0943. The lowest BCUT2D eigenvalue weighted by Gasteiger charge is -2.33. The average Bonchev–Trinajstić information content (AvgIpc) is 3.03. The summed E-state index contributed by atoms with van der Waals surface area (Å²) >= 11 is 0. The first-order valence-corrected chi connectivity index (χ1v) is 14.5. The number of methoxy groups -OCH3 is 2. The zero-order valence-electron chi connectivity index (χ0n) is 24.2. The van der Waals surface area contributed by atoms with Crippen LogP contribution < -0.4 is 29.2 Å². The predicted octanol–water partition coefficient (Wildman–Crippen LogP) is 5.05. The van der Waals surface area contributed by atoms with E-state index in [0.29, 0.717) is 32.3 Å². The smallest absolute Gasteiger partial charge is 0.142 e. The van der Waals surface area contributed by atoms with Gasteiger partial charge >= 0.3 is 0 Å². The number of nitrogens with zero attached hydrogens (tertiary/aromatic N) is 1. The van der Waals surface area contributed by atoms with Gasteiger partial charge in [0.2, 0.25) is 0 Å². The van der Waals surface area contributed by atoms with Crippen LogP contribution in [0.3, 0.4) is 0 Å². The van der Waals surface area contributed by atoms with E-state index in [9.17, 15) is 0 Å². The monoisotopic (exact) mass is 562 g/mol. The normalized spacial score (nSPS) is 18.3.